The summed E-state index contributed by atoms with van der Waals surface area (Å²) in [6.07, 6.45) is 15.1. The number of allylic oxidation sites excluding steroid dienone is 9. The number of carboxylic acids is 1. The number of carbonyl (C=O) groups is 2. The summed E-state index contributed by atoms with van der Waals surface area (Å²) in [5, 5.41) is 10.8. The van der Waals surface area contributed by atoms with Crippen LogP contribution in [0.5, 0.6) is 0 Å². The Morgan fingerprint density at radius 2 is 1.88 bits per heavy atom. The predicted molar refractivity (Wildman–Crippen MR) is 107 cm³/mol. The van der Waals surface area contributed by atoms with E-state index in [4.69, 9.17) is 5.11 Å². The molecule has 0 heterocycles. The molecule has 0 fully saturated rings. The van der Waals surface area contributed by atoms with E-state index < -0.39 is 11.9 Å². The van der Waals surface area contributed by atoms with Gasteiger partial charge in [0.05, 0.1) is 0 Å². The Morgan fingerprint density at radius 1 is 1.19 bits per heavy atom. The van der Waals surface area contributed by atoms with Gasteiger partial charge in [-0.1, -0.05) is 55.4 Å². The predicted octanol–water partition coefficient (Wildman–Crippen LogP) is 4.72. The Bertz CT molecular complexity index is 688. The number of hydrogen-bond acceptors (Lipinski definition) is 2. The van der Waals surface area contributed by atoms with Gasteiger partial charge < -0.3 is 10.4 Å². The normalized spacial score (nSPS) is 18.7. The van der Waals surface area contributed by atoms with E-state index in [1.54, 1.807) is 6.92 Å². The van der Waals surface area contributed by atoms with E-state index in [2.05, 4.69) is 38.2 Å². The summed E-state index contributed by atoms with van der Waals surface area (Å²) in [5.74, 6) is -1.46. The zero-order valence-corrected chi connectivity index (χ0v) is 16.6. The first-order valence-corrected chi connectivity index (χ1v) is 9.03. The fraction of sp³-hybridized carbons (Fsp3) is 0.455. The second-order valence-electron chi connectivity index (χ2n) is 7.53. The standard InChI is InChI=1S/C22H31NO3/c1-16(11-12-19-18(3)10-7-13-22(19,4)5)8-6-9-17(2)14-20(24)23-15-21(25)26/h6,8-9,11-12,14H,7,10,13,15H2,1-5H3,(H,23,24)(H,25,26)/b9-6+,12-11+,16-8-,17-14+. The smallest absolute Gasteiger partial charge is 0.322 e. The van der Waals surface area contributed by atoms with Crippen LogP contribution in [0.1, 0.15) is 53.9 Å². The summed E-state index contributed by atoms with van der Waals surface area (Å²) in [5.41, 5.74) is 5.04. The molecule has 0 spiro atoms. The zero-order valence-electron chi connectivity index (χ0n) is 16.6. The van der Waals surface area contributed by atoms with E-state index in [0.29, 0.717) is 0 Å². The maximum absolute atomic E-state index is 11.5. The Labute approximate surface area is 157 Å². The highest BCUT2D eigenvalue weighted by molar-refractivity contribution is 5.90. The average molecular weight is 357 g/mol. The quantitative estimate of drug-likeness (QED) is 0.512. The van der Waals surface area contributed by atoms with Crippen molar-refractivity contribution < 1.29 is 14.7 Å². The van der Waals surface area contributed by atoms with Gasteiger partial charge in [0.2, 0.25) is 5.91 Å². The lowest BCUT2D eigenvalue weighted by Crippen LogP contribution is -2.27. The molecule has 1 aliphatic rings. The monoisotopic (exact) mass is 357 g/mol. The first-order valence-electron chi connectivity index (χ1n) is 9.03. The van der Waals surface area contributed by atoms with Gasteiger partial charge in [-0.15, -0.1) is 0 Å². The minimum Gasteiger partial charge on any atom is -0.480 e. The minimum absolute atomic E-state index is 0.234. The van der Waals surface area contributed by atoms with Crippen LogP contribution in [0.4, 0.5) is 0 Å². The van der Waals surface area contributed by atoms with Crippen LogP contribution >= 0.6 is 0 Å². The summed E-state index contributed by atoms with van der Waals surface area (Å²) >= 11 is 0. The van der Waals surface area contributed by atoms with Gasteiger partial charge >= 0.3 is 5.97 Å². The average Bonchev–Trinajstić information content (AvgIpc) is 2.51. The highest BCUT2D eigenvalue weighted by Gasteiger charge is 2.26. The molecule has 0 aromatic carbocycles. The Hall–Kier alpha value is -2.36. The van der Waals surface area contributed by atoms with Gasteiger partial charge in [0.1, 0.15) is 6.54 Å². The zero-order chi connectivity index (χ0) is 19.7. The maximum Gasteiger partial charge on any atom is 0.322 e. The number of rotatable bonds is 7. The van der Waals surface area contributed by atoms with Crippen LogP contribution in [0.25, 0.3) is 0 Å². The summed E-state index contributed by atoms with van der Waals surface area (Å²) in [7, 11) is 0. The lowest BCUT2D eigenvalue weighted by molar-refractivity contribution is -0.137. The van der Waals surface area contributed by atoms with Crippen molar-refractivity contribution in [2.24, 2.45) is 5.41 Å². The van der Waals surface area contributed by atoms with Crippen molar-refractivity contribution in [2.75, 3.05) is 6.54 Å². The van der Waals surface area contributed by atoms with Crippen molar-refractivity contribution in [3.05, 3.63) is 58.7 Å². The van der Waals surface area contributed by atoms with Gasteiger partial charge in [-0.05, 0) is 56.6 Å². The first-order chi connectivity index (χ1) is 12.1. The third kappa shape index (κ3) is 7.68. The number of nitrogens with one attached hydrogen (secondary N) is 1. The molecule has 0 saturated carbocycles. The fourth-order valence-corrected chi connectivity index (χ4v) is 3.10. The van der Waals surface area contributed by atoms with Crippen molar-refractivity contribution in [1.29, 1.82) is 0 Å². The first kappa shape index (κ1) is 21.7. The summed E-state index contributed by atoms with van der Waals surface area (Å²) in [4.78, 5) is 21.9. The molecule has 142 valence electrons. The Kier molecular flexibility index (Phi) is 8.30. The SMILES string of the molecule is CC1=C(/C=C/C(C)=C\C=C\C(C)=C\C(=O)NCC(=O)O)C(C)(C)CCC1. The van der Waals surface area contributed by atoms with Crippen LogP contribution in [0.3, 0.4) is 0 Å². The van der Waals surface area contributed by atoms with Gasteiger partial charge in [0, 0.05) is 6.08 Å². The topological polar surface area (TPSA) is 66.4 Å². The number of amides is 1. The molecule has 0 bridgehead atoms. The summed E-state index contributed by atoms with van der Waals surface area (Å²) in [6, 6.07) is 0. The molecule has 1 aliphatic carbocycles. The van der Waals surface area contributed by atoms with Crippen LogP contribution < -0.4 is 5.32 Å². The number of carboxylic acid groups (broad SMARTS) is 1. The minimum atomic E-state index is -1.06. The van der Waals surface area contributed by atoms with Crippen LogP contribution in [-0.2, 0) is 9.59 Å². The molecule has 0 unspecified atom stereocenters. The van der Waals surface area contributed by atoms with Gasteiger partial charge in [0.15, 0.2) is 0 Å². The summed E-state index contributed by atoms with van der Waals surface area (Å²) < 4.78 is 0. The molecule has 4 heteroatoms. The Balaban J connectivity index is 2.69. The van der Waals surface area contributed by atoms with Crippen molar-refractivity contribution >= 4 is 11.9 Å². The molecule has 26 heavy (non-hydrogen) atoms. The maximum atomic E-state index is 11.5. The number of carbonyl (C=O) groups excluding carboxylic acids is 1. The fourth-order valence-electron chi connectivity index (χ4n) is 3.10. The van der Waals surface area contributed by atoms with Crippen LogP contribution in [0.15, 0.2) is 58.7 Å². The van der Waals surface area contributed by atoms with E-state index >= 15 is 0 Å². The van der Waals surface area contributed by atoms with Crippen molar-refractivity contribution in [3.63, 3.8) is 0 Å². The molecule has 0 aromatic heterocycles. The molecule has 0 aliphatic heterocycles. The third-order valence-electron chi connectivity index (χ3n) is 4.55. The summed E-state index contributed by atoms with van der Waals surface area (Å²) in [6.45, 7) is 10.3. The molecular formula is C22H31NO3. The number of aliphatic carboxylic acids is 1. The molecule has 2 N–H and O–H groups in total. The second-order valence-corrected chi connectivity index (χ2v) is 7.53. The van der Waals surface area contributed by atoms with Crippen LogP contribution in [0, 0.1) is 5.41 Å². The lowest BCUT2D eigenvalue weighted by atomic mass is 9.72. The molecule has 0 saturated heterocycles. The molecule has 0 atom stereocenters. The molecule has 4 nitrogen and oxygen atoms in total. The highest BCUT2D eigenvalue weighted by Crippen LogP contribution is 2.40. The lowest BCUT2D eigenvalue weighted by Gasteiger charge is -2.32. The Morgan fingerprint density at radius 3 is 2.50 bits per heavy atom. The third-order valence-corrected chi connectivity index (χ3v) is 4.55. The second kappa shape index (κ2) is 9.95. The molecule has 1 rings (SSSR count). The van der Waals surface area contributed by atoms with E-state index in [9.17, 15) is 9.59 Å². The van der Waals surface area contributed by atoms with E-state index in [1.165, 1.54) is 36.5 Å². The van der Waals surface area contributed by atoms with Gasteiger partial charge in [-0.25, -0.2) is 0 Å². The molecule has 0 aromatic rings. The van der Waals surface area contributed by atoms with Gasteiger partial charge in [0.25, 0.3) is 0 Å². The van der Waals surface area contributed by atoms with Gasteiger partial charge in [-0.2, -0.15) is 0 Å². The van der Waals surface area contributed by atoms with Crippen molar-refractivity contribution in [3.8, 4) is 0 Å². The highest BCUT2D eigenvalue weighted by atomic mass is 16.4. The van der Waals surface area contributed by atoms with E-state index in [1.807, 2.05) is 25.2 Å². The molecule has 0 radical (unpaired) electrons. The van der Waals surface area contributed by atoms with E-state index in [-0.39, 0.29) is 12.0 Å². The van der Waals surface area contributed by atoms with Crippen molar-refractivity contribution in [1.82, 2.24) is 5.32 Å². The molecule has 1 amide bonds. The van der Waals surface area contributed by atoms with Crippen molar-refractivity contribution in [2.45, 2.75) is 53.9 Å². The van der Waals surface area contributed by atoms with Gasteiger partial charge in [-0.3, -0.25) is 9.59 Å². The van der Waals surface area contributed by atoms with Crippen LogP contribution in [0.2, 0.25) is 0 Å². The van der Waals surface area contributed by atoms with E-state index in [0.717, 1.165) is 11.1 Å². The largest absolute Gasteiger partial charge is 0.480 e. The number of hydrogen-bond donors (Lipinski definition) is 2. The van der Waals surface area contributed by atoms with Crippen LogP contribution in [-0.4, -0.2) is 23.5 Å². The molecular weight excluding hydrogens is 326 g/mol.